The van der Waals surface area contributed by atoms with E-state index < -0.39 is 10.3 Å². The first-order valence-electron chi connectivity index (χ1n) is 5.64. The molecular formula is C11H14Cl2O2. The summed E-state index contributed by atoms with van der Waals surface area (Å²) in [7, 11) is 0. The lowest BCUT2D eigenvalue weighted by molar-refractivity contribution is -0.139. The molecule has 3 rings (SSSR count). The molecule has 0 aromatic heterocycles. The molecule has 0 heterocycles. The standard InChI is InChI=1S/C11H14Cl2O2/c12-11(13)7-3-1-5-6(2-4-8(7)11)9(5)10(14)15/h5-9H,1-4H2,(H,14,15)/t5-,6+,7-,8+,9?. The molecule has 15 heavy (non-hydrogen) atoms. The zero-order valence-corrected chi connectivity index (χ0v) is 9.84. The Hall–Kier alpha value is 0.0500. The average molecular weight is 249 g/mol. The number of halogens is 2. The maximum Gasteiger partial charge on any atom is 0.307 e. The van der Waals surface area contributed by atoms with Crippen LogP contribution in [0.25, 0.3) is 0 Å². The van der Waals surface area contributed by atoms with Crippen molar-refractivity contribution < 1.29 is 9.90 Å². The van der Waals surface area contributed by atoms with E-state index in [1.165, 1.54) is 0 Å². The summed E-state index contributed by atoms with van der Waals surface area (Å²) in [6.45, 7) is 0. The quantitative estimate of drug-likeness (QED) is 0.725. The smallest absolute Gasteiger partial charge is 0.307 e. The SMILES string of the molecule is O=C(O)C1[C@H]2CC[C@H]3[C@@H](CC[C@@H]12)C3(Cl)Cl. The fourth-order valence-electron chi connectivity index (χ4n) is 3.59. The second-order valence-electron chi connectivity index (χ2n) is 5.23. The third-order valence-corrected chi connectivity index (χ3v) is 5.73. The molecule has 3 saturated carbocycles. The molecule has 0 aromatic carbocycles. The molecule has 3 aliphatic rings. The van der Waals surface area contributed by atoms with E-state index in [0.29, 0.717) is 23.7 Å². The van der Waals surface area contributed by atoms with Gasteiger partial charge in [0.15, 0.2) is 0 Å². The number of rotatable bonds is 1. The Morgan fingerprint density at radius 2 is 1.53 bits per heavy atom. The van der Waals surface area contributed by atoms with E-state index >= 15 is 0 Å². The summed E-state index contributed by atoms with van der Waals surface area (Å²) >= 11 is 12.3. The minimum absolute atomic E-state index is 0.0671. The first kappa shape index (κ1) is 10.2. The number of aliphatic carboxylic acids is 1. The normalized spacial score (nSPS) is 50.7. The van der Waals surface area contributed by atoms with Crippen LogP contribution in [0.1, 0.15) is 25.7 Å². The first-order chi connectivity index (χ1) is 7.03. The highest BCUT2D eigenvalue weighted by Crippen LogP contribution is 2.67. The molecule has 2 nitrogen and oxygen atoms in total. The second kappa shape index (κ2) is 3.04. The molecule has 5 atom stereocenters. The van der Waals surface area contributed by atoms with E-state index in [2.05, 4.69) is 0 Å². The van der Waals surface area contributed by atoms with Gasteiger partial charge in [-0.3, -0.25) is 4.79 Å². The third kappa shape index (κ3) is 1.41. The predicted molar refractivity (Wildman–Crippen MR) is 58.0 cm³/mol. The molecule has 84 valence electrons. The summed E-state index contributed by atoms with van der Waals surface area (Å²) in [5.41, 5.74) is 0. The van der Waals surface area contributed by atoms with Gasteiger partial charge in [-0.05, 0) is 49.4 Å². The molecular weight excluding hydrogens is 235 g/mol. The highest BCUT2D eigenvalue weighted by atomic mass is 35.5. The van der Waals surface area contributed by atoms with Crippen molar-refractivity contribution in [1.82, 2.24) is 0 Å². The maximum absolute atomic E-state index is 10.9. The van der Waals surface area contributed by atoms with Gasteiger partial charge in [0, 0.05) is 0 Å². The minimum atomic E-state index is -0.608. The summed E-state index contributed by atoms with van der Waals surface area (Å²) in [6.07, 6.45) is 4.04. The molecule has 0 aliphatic heterocycles. The number of carbonyl (C=O) groups is 1. The Kier molecular flexibility index (Phi) is 2.07. The molecule has 0 radical (unpaired) electrons. The summed E-state index contributed by atoms with van der Waals surface area (Å²) < 4.78 is -0.491. The van der Waals surface area contributed by atoms with Crippen LogP contribution >= 0.6 is 23.2 Å². The van der Waals surface area contributed by atoms with Crippen LogP contribution in [0.5, 0.6) is 0 Å². The van der Waals surface area contributed by atoms with E-state index in [9.17, 15) is 4.79 Å². The van der Waals surface area contributed by atoms with Gasteiger partial charge in [0.1, 0.15) is 4.33 Å². The van der Waals surface area contributed by atoms with Crippen LogP contribution in [0.15, 0.2) is 0 Å². The van der Waals surface area contributed by atoms with Crippen molar-refractivity contribution >= 4 is 29.2 Å². The van der Waals surface area contributed by atoms with Gasteiger partial charge in [-0.25, -0.2) is 0 Å². The zero-order valence-electron chi connectivity index (χ0n) is 8.33. The van der Waals surface area contributed by atoms with Gasteiger partial charge >= 0.3 is 5.97 Å². The van der Waals surface area contributed by atoms with Crippen LogP contribution in [0.3, 0.4) is 0 Å². The van der Waals surface area contributed by atoms with E-state index in [4.69, 9.17) is 28.3 Å². The maximum atomic E-state index is 10.9. The molecule has 1 N–H and O–H groups in total. The first-order valence-corrected chi connectivity index (χ1v) is 6.39. The Balaban J connectivity index is 1.67. The number of alkyl halides is 2. The molecule has 0 spiro atoms. The van der Waals surface area contributed by atoms with E-state index in [-0.39, 0.29) is 5.92 Å². The average Bonchev–Trinajstić information content (AvgIpc) is 2.88. The summed E-state index contributed by atoms with van der Waals surface area (Å²) in [5.74, 6) is 1.00. The Labute approximate surface area is 98.9 Å². The molecule has 1 unspecified atom stereocenters. The van der Waals surface area contributed by atoms with Crippen molar-refractivity contribution in [3.05, 3.63) is 0 Å². The fraction of sp³-hybridized carbons (Fsp3) is 0.909. The number of carboxylic acid groups (broad SMARTS) is 1. The number of hydrogen-bond acceptors (Lipinski definition) is 1. The van der Waals surface area contributed by atoms with Crippen LogP contribution in [-0.4, -0.2) is 15.4 Å². The van der Waals surface area contributed by atoms with Crippen LogP contribution < -0.4 is 0 Å². The van der Waals surface area contributed by atoms with Crippen LogP contribution in [0.4, 0.5) is 0 Å². The van der Waals surface area contributed by atoms with Crippen molar-refractivity contribution in [1.29, 1.82) is 0 Å². The van der Waals surface area contributed by atoms with Crippen molar-refractivity contribution in [3.8, 4) is 0 Å². The highest BCUT2D eigenvalue weighted by molar-refractivity contribution is 6.51. The van der Waals surface area contributed by atoms with Gasteiger partial charge < -0.3 is 5.11 Å². The van der Waals surface area contributed by atoms with Gasteiger partial charge in [-0.1, -0.05) is 0 Å². The van der Waals surface area contributed by atoms with Crippen molar-refractivity contribution in [2.75, 3.05) is 0 Å². The Morgan fingerprint density at radius 1 is 1.07 bits per heavy atom. The molecule has 3 aliphatic carbocycles. The number of hydrogen-bond donors (Lipinski definition) is 1. The van der Waals surface area contributed by atoms with E-state index in [1.54, 1.807) is 0 Å². The lowest BCUT2D eigenvalue weighted by atomic mass is 10.0. The summed E-state index contributed by atoms with van der Waals surface area (Å²) in [6, 6.07) is 0. The van der Waals surface area contributed by atoms with Gasteiger partial charge in [0.25, 0.3) is 0 Å². The molecule has 0 amide bonds. The van der Waals surface area contributed by atoms with Crippen molar-refractivity contribution in [2.45, 2.75) is 30.0 Å². The Morgan fingerprint density at radius 3 is 1.93 bits per heavy atom. The van der Waals surface area contributed by atoms with Crippen LogP contribution in [-0.2, 0) is 4.79 Å². The summed E-state index contributed by atoms with van der Waals surface area (Å²) in [5, 5.41) is 9.00. The summed E-state index contributed by atoms with van der Waals surface area (Å²) in [4.78, 5) is 10.9. The molecule has 0 aromatic rings. The highest BCUT2D eigenvalue weighted by Gasteiger charge is 2.65. The molecule has 0 bridgehead atoms. The van der Waals surface area contributed by atoms with Gasteiger partial charge in [-0.2, -0.15) is 0 Å². The van der Waals surface area contributed by atoms with Gasteiger partial charge in [-0.15, -0.1) is 23.2 Å². The van der Waals surface area contributed by atoms with Crippen molar-refractivity contribution in [2.24, 2.45) is 29.6 Å². The number of carboxylic acids is 1. The Bertz CT molecular complexity index is 294. The molecule has 4 heteroatoms. The fourth-order valence-corrected chi connectivity index (χ4v) is 4.51. The van der Waals surface area contributed by atoms with Crippen LogP contribution in [0.2, 0.25) is 0 Å². The predicted octanol–water partition coefficient (Wildman–Crippen LogP) is 2.93. The lowest BCUT2D eigenvalue weighted by Gasteiger charge is -2.03. The third-order valence-electron chi connectivity index (χ3n) is 4.60. The van der Waals surface area contributed by atoms with E-state index in [1.807, 2.05) is 0 Å². The second-order valence-corrected chi connectivity index (χ2v) is 6.68. The molecule has 0 saturated heterocycles. The van der Waals surface area contributed by atoms with Gasteiger partial charge in [0.2, 0.25) is 0 Å². The van der Waals surface area contributed by atoms with E-state index in [0.717, 1.165) is 25.7 Å². The largest absolute Gasteiger partial charge is 0.481 e. The van der Waals surface area contributed by atoms with Gasteiger partial charge in [0.05, 0.1) is 5.92 Å². The van der Waals surface area contributed by atoms with Crippen LogP contribution in [0, 0.1) is 29.6 Å². The zero-order chi connectivity index (χ0) is 10.8. The number of fused-ring (bicyclic) bond motifs is 2. The molecule has 3 fully saturated rings. The van der Waals surface area contributed by atoms with Crippen molar-refractivity contribution in [3.63, 3.8) is 0 Å². The monoisotopic (exact) mass is 248 g/mol. The lowest BCUT2D eigenvalue weighted by Crippen LogP contribution is -2.01. The topological polar surface area (TPSA) is 37.3 Å². The minimum Gasteiger partial charge on any atom is -0.481 e.